The summed E-state index contributed by atoms with van der Waals surface area (Å²) in [5, 5.41) is 10.6. The summed E-state index contributed by atoms with van der Waals surface area (Å²) in [7, 11) is 0. The van der Waals surface area contributed by atoms with Crippen molar-refractivity contribution in [2.75, 3.05) is 0 Å². The molecule has 18 heavy (non-hydrogen) atoms. The van der Waals surface area contributed by atoms with Crippen molar-refractivity contribution in [3.8, 4) is 0 Å². The minimum Gasteiger partial charge on any atom is -0.383 e. The van der Waals surface area contributed by atoms with Crippen LogP contribution < -0.4 is 5.73 Å². The van der Waals surface area contributed by atoms with Crippen molar-refractivity contribution in [2.45, 2.75) is 0 Å². The van der Waals surface area contributed by atoms with Gasteiger partial charge in [0.05, 0.1) is 4.92 Å². The quantitative estimate of drug-likeness (QED) is 0.385. The molecule has 1 aromatic heterocycles. The van der Waals surface area contributed by atoms with Gasteiger partial charge in [-0.2, -0.15) is 0 Å². The maximum Gasteiger partial charge on any atom is 0.270 e. The van der Waals surface area contributed by atoms with E-state index in [1.54, 1.807) is 36.5 Å². The lowest BCUT2D eigenvalue weighted by atomic mass is 10.2. The van der Waals surface area contributed by atoms with Gasteiger partial charge in [0.1, 0.15) is 5.84 Å². The van der Waals surface area contributed by atoms with E-state index in [4.69, 9.17) is 5.73 Å². The highest BCUT2D eigenvalue weighted by Gasteiger charge is 2.07. The van der Waals surface area contributed by atoms with Gasteiger partial charge in [0.15, 0.2) is 5.82 Å². The summed E-state index contributed by atoms with van der Waals surface area (Å²) >= 11 is 0. The monoisotopic (exact) mass is 242 g/mol. The third-order valence-electron chi connectivity index (χ3n) is 2.24. The van der Waals surface area contributed by atoms with Gasteiger partial charge in [-0.25, -0.2) is 9.98 Å². The summed E-state index contributed by atoms with van der Waals surface area (Å²) in [4.78, 5) is 18.3. The molecule has 0 aliphatic rings. The Hall–Kier alpha value is -2.76. The molecule has 0 aliphatic carbocycles. The van der Waals surface area contributed by atoms with Crippen molar-refractivity contribution in [3.05, 3.63) is 64.3 Å². The number of nitrogens with zero attached hydrogens (tertiary/aromatic N) is 3. The molecule has 0 atom stereocenters. The zero-order valence-corrected chi connectivity index (χ0v) is 9.35. The first-order chi connectivity index (χ1) is 8.66. The summed E-state index contributed by atoms with van der Waals surface area (Å²) in [5.74, 6) is 0.652. The number of nitrogens with two attached hydrogens (primary N) is 1. The van der Waals surface area contributed by atoms with Crippen LogP contribution in [0.3, 0.4) is 0 Å². The van der Waals surface area contributed by atoms with Gasteiger partial charge in [-0.15, -0.1) is 0 Å². The smallest absolute Gasteiger partial charge is 0.270 e. The van der Waals surface area contributed by atoms with Crippen LogP contribution in [0.1, 0.15) is 5.56 Å². The molecule has 0 unspecified atom stereocenters. The number of nitro groups is 1. The maximum absolute atomic E-state index is 10.6. The fraction of sp³-hybridized carbons (Fsp3) is 0. The van der Waals surface area contributed by atoms with Crippen LogP contribution in [0.15, 0.2) is 53.7 Å². The average Bonchev–Trinajstić information content (AvgIpc) is 2.40. The molecule has 2 N–H and O–H groups in total. The van der Waals surface area contributed by atoms with E-state index >= 15 is 0 Å². The third-order valence-corrected chi connectivity index (χ3v) is 2.24. The first kappa shape index (κ1) is 11.7. The number of aromatic nitrogens is 1. The van der Waals surface area contributed by atoms with E-state index in [1.807, 2.05) is 0 Å². The Labute approximate surface area is 103 Å². The molecule has 6 heteroatoms. The molecule has 0 radical (unpaired) electrons. The fourth-order valence-corrected chi connectivity index (χ4v) is 1.39. The van der Waals surface area contributed by atoms with Crippen molar-refractivity contribution in [3.63, 3.8) is 0 Å². The van der Waals surface area contributed by atoms with E-state index in [0.717, 1.165) is 0 Å². The Morgan fingerprint density at radius 2 is 2.11 bits per heavy atom. The average molecular weight is 242 g/mol. The van der Waals surface area contributed by atoms with E-state index in [0.29, 0.717) is 11.4 Å². The number of hydrogen-bond acceptors (Lipinski definition) is 4. The minimum atomic E-state index is -0.475. The number of non-ortho nitro benzene ring substituents is 1. The number of rotatable bonds is 3. The Morgan fingerprint density at radius 3 is 2.78 bits per heavy atom. The van der Waals surface area contributed by atoms with Crippen LogP contribution in [0.2, 0.25) is 0 Å². The van der Waals surface area contributed by atoms with Crippen LogP contribution in [-0.2, 0) is 0 Å². The predicted molar refractivity (Wildman–Crippen MR) is 67.7 cm³/mol. The summed E-state index contributed by atoms with van der Waals surface area (Å²) in [5.41, 5.74) is 6.26. The molecule has 0 bridgehead atoms. The minimum absolute atomic E-state index is 0.0216. The molecule has 1 heterocycles. The molecule has 2 aromatic rings. The number of nitro benzene ring substituents is 1. The number of aliphatic imine (C=N–C) groups is 1. The second-order valence-electron chi connectivity index (χ2n) is 3.49. The molecule has 0 aliphatic heterocycles. The second-order valence-corrected chi connectivity index (χ2v) is 3.49. The van der Waals surface area contributed by atoms with Crippen molar-refractivity contribution >= 4 is 17.3 Å². The van der Waals surface area contributed by atoms with Crippen molar-refractivity contribution in [1.29, 1.82) is 0 Å². The SMILES string of the molecule is N/C(=N\c1ccccn1)c1cccc([N+](=O)[O-])c1. The topological polar surface area (TPSA) is 94.4 Å². The van der Waals surface area contributed by atoms with Crippen LogP contribution in [0.5, 0.6) is 0 Å². The van der Waals surface area contributed by atoms with E-state index in [2.05, 4.69) is 9.98 Å². The van der Waals surface area contributed by atoms with Crippen LogP contribution in [-0.4, -0.2) is 15.7 Å². The highest BCUT2D eigenvalue weighted by molar-refractivity contribution is 5.99. The molecule has 1 aromatic carbocycles. The highest BCUT2D eigenvalue weighted by atomic mass is 16.6. The molecule has 2 rings (SSSR count). The van der Waals surface area contributed by atoms with Gasteiger partial charge in [0, 0.05) is 23.9 Å². The summed E-state index contributed by atoms with van der Waals surface area (Å²) in [6.07, 6.45) is 1.60. The standard InChI is InChI=1S/C12H10N4O2/c13-12(15-11-6-1-2-7-14-11)9-4-3-5-10(8-9)16(17)18/h1-8H,(H2,13,14,15). The summed E-state index contributed by atoms with van der Waals surface area (Å²) in [6.45, 7) is 0. The zero-order chi connectivity index (χ0) is 13.0. The normalized spacial score (nSPS) is 11.2. The summed E-state index contributed by atoms with van der Waals surface area (Å²) in [6, 6.07) is 11.3. The largest absolute Gasteiger partial charge is 0.383 e. The van der Waals surface area contributed by atoms with Gasteiger partial charge >= 0.3 is 0 Å². The first-order valence-electron chi connectivity index (χ1n) is 5.17. The second kappa shape index (κ2) is 5.05. The molecule has 0 amide bonds. The van der Waals surface area contributed by atoms with Crippen molar-refractivity contribution in [2.24, 2.45) is 10.7 Å². The molecule has 6 nitrogen and oxygen atoms in total. The lowest BCUT2D eigenvalue weighted by molar-refractivity contribution is -0.384. The van der Waals surface area contributed by atoms with Crippen molar-refractivity contribution < 1.29 is 4.92 Å². The van der Waals surface area contributed by atoms with Crippen molar-refractivity contribution in [1.82, 2.24) is 4.98 Å². The Bertz CT molecular complexity index is 596. The van der Waals surface area contributed by atoms with Crippen LogP contribution in [0, 0.1) is 10.1 Å². The van der Waals surface area contributed by atoms with Gasteiger partial charge in [-0.05, 0) is 12.1 Å². The first-order valence-corrected chi connectivity index (χ1v) is 5.17. The molecule has 90 valence electrons. The number of hydrogen-bond donors (Lipinski definition) is 1. The number of benzene rings is 1. The molecule has 0 fully saturated rings. The van der Waals surface area contributed by atoms with E-state index in [9.17, 15) is 10.1 Å². The van der Waals surface area contributed by atoms with Gasteiger partial charge in [-0.3, -0.25) is 10.1 Å². The molecule has 0 spiro atoms. The highest BCUT2D eigenvalue weighted by Crippen LogP contribution is 2.14. The molecule has 0 saturated carbocycles. The van der Waals surface area contributed by atoms with E-state index < -0.39 is 4.92 Å². The molecule has 0 saturated heterocycles. The molecular weight excluding hydrogens is 232 g/mol. The van der Waals surface area contributed by atoms with Crippen LogP contribution in [0.4, 0.5) is 11.5 Å². The lowest BCUT2D eigenvalue weighted by Crippen LogP contribution is -2.13. The van der Waals surface area contributed by atoms with E-state index in [1.165, 1.54) is 12.1 Å². The Morgan fingerprint density at radius 1 is 1.28 bits per heavy atom. The number of amidine groups is 1. The predicted octanol–water partition coefficient (Wildman–Crippen LogP) is 2.03. The molecular formula is C12H10N4O2. The van der Waals surface area contributed by atoms with Gasteiger partial charge < -0.3 is 5.73 Å². The number of pyridine rings is 1. The lowest BCUT2D eigenvalue weighted by Gasteiger charge is -2.00. The zero-order valence-electron chi connectivity index (χ0n) is 9.35. The maximum atomic E-state index is 10.6. The fourth-order valence-electron chi connectivity index (χ4n) is 1.39. The van der Waals surface area contributed by atoms with E-state index in [-0.39, 0.29) is 11.5 Å². The third kappa shape index (κ3) is 2.67. The Balaban J connectivity index is 2.34. The Kier molecular flexibility index (Phi) is 3.29. The van der Waals surface area contributed by atoms with Crippen LogP contribution in [0.25, 0.3) is 0 Å². The van der Waals surface area contributed by atoms with Gasteiger partial charge in [0.2, 0.25) is 0 Å². The van der Waals surface area contributed by atoms with Gasteiger partial charge in [-0.1, -0.05) is 18.2 Å². The van der Waals surface area contributed by atoms with Crippen LogP contribution >= 0.6 is 0 Å². The van der Waals surface area contributed by atoms with Gasteiger partial charge in [0.25, 0.3) is 5.69 Å². The summed E-state index contributed by atoms with van der Waals surface area (Å²) < 4.78 is 0.